The molecule has 2 aromatic carbocycles. The average molecular weight is 433 g/mol. The van der Waals surface area contributed by atoms with Gasteiger partial charge in [-0.1, -0.05) is 18.2 Å². The van der Waals surface area contributed by atoms with Crippen LogP contribution in [0.25, 0.3) is 6.08 Å². The van der Waals surface area contributed by atoms with E-state index in [2.05, 4.69) is 25.5 Å². The summed E-state index contributed by atoms with van der Waals surface area (Å²) in [5, 5.41) is 6.04. The van der Waals surface area contributed by atoms with Crippen LogP contribution in [-0.2, 0) is 9.53 Å². The van der Waals surface area contributed by atoms with E-state index < -0.39 is 0 Å². The molecule has 1 saturated heterocycles. The average Bonchev–Trinajstić information content (AvgIpc) is 2.80. The highest BCUT2D eigenvalue weighted by Gasteiger charge is 2.15. The van der Waals surface area contributed by atoms with Crippen LogP contribution in [0.1, 0.15) is 11.3 Å². The Balaban J connectivity index is 1.38. The van der Waals surface area contributed by atoms with Crippen LogP contribution >= 0.6 is 0 Å². The Morgan fingerprint density at radius 1 is 1.06 bits per heavy atom. The zero-order valence-electron chi connectivity index (χ0n) is 17.7. The monoisotopic (exact) mass is 433 g/mol. The van der Waals surface area contributed by atoms with Gasteiger partial charge in [0, 0.05) is 47.9 Å². The van der Waals surface area contributed by atoms with Gasteiger partial charge >= 0.3 is 0 Å². The fourth-order valence-corrected chi connectivity index (χ4v) is 3.27. The Labute approximate surface area is 186 Å². The van der Waals surface area contributed by atoms with Gasteiger partial charge in [-0.2, -0.15) is 4.98 Å². The number of benzene rings is 2. The van der Waals surface area contributed by atoms with Gasteiger partial charge in [-0.25, -0.2) is 9.37 Å². The normalized spacial score (nSPS) is 13.9. The summed E-state index contributed by atoms with van der Waals surface area (Å²) in [4.78, 5) is 23.4. The van der Waals surface area contributed by atoms with Crippen molar-refractivity contribution in [3.05, 3.63) is 77.7 Å². The molecule has 0 atom stereocenters. The first-order chi connectivity index (χ1) is 15.6. The van der Waals surface area contributed by atoms with Gasteiger partial charge in [0.15, 0.2) is 0 Å². The Morgan fingerprint density at radius 2 is 1.78 bits per heavy atom. The Morgan fingerprint density at radius 3 is 2.53 bits per heavy atom. The fourth-order valence-electron chi connectivity index (χ4n) is 3.27. The Hall–Kier alpha value is -3.78. The van der Waals surface area contributed by atoms with Crippen molar-refractivity contribution < 1.29 is 13.9 Å². The molecule has 3 aromatic rings. The summed E-state index contributed by atoms with van der Waals surface area (Å²) in [6.45, 7) is 4.81. The highest BCUT2D eigenvalue weighted by atomic mass is 19.1. The quantitative estimate of drug-likeness (QED) is 0.569. The number of halogens is 1. The SMILES string of the molecule is Cc1cc(Nc2ccc(NC(=O)/C=C/c3ccccc3F)cc2)nc(N2CCOCC2)n1. The highest BCUT2D eigenvalue weighted by molar-refractivity contribution is 6.02. The number of hydrogen-bond donors (Lipinski definition) is 2. The van der Waals surface area contributed by atoms with Gasteiger partial charge in [-0.3, -0.25) is 4.79 Å². The number of carbonyl (C=O) groups is 1. The highest BCUT2D eigenvalue weighted by Crippen LogP contribution is 2.21. The molecular weight excluding hydrogens is 409 g/mol. The van der Waals surface area contributed by atoms with Gasteiger partial charge in [0.2, 0.25) is 11.9 Å². The first kappa shape index (κ1) is 21.5. The van der Waals surface area contributed by atoms with Crippen molar-refractivity contribution in [2.24, 2.45) is 0 Å². The van der Waals surface area contributed by atoms with E-state index in [1.807, 2.05) is 25.1 Å². The number of nitrogens with zero attached hydrogens (tertiary/aromatic N) is 3. The van der Waals surface area contributed by atoms with Crippen LogP contribution < -0.4 is 15.5 Å². The molecule has 1 aromatic heterocycles. The van der Waals surface area contributed by atoms with Crippen LogP contribution in [0, 0.1) is 12.7 Å². The Bertz CT molecular complexity index is 1110. The van der Waals surface area contributed by atoms with Crippen molar-refractivity contribution in [2.45, 2.75) is 6.92 Å². The minimum atomic E-state index is -0.372. The molecule has 1 amide bonds. The number of anilines is 4. The molecular formula is C24H24FN5O2. The molecule has 1 aliphatic heterocycles. The van der Waals surface area contributed by atoms with Crippen molar-refractivity contribution in [1.82, 2.24) is 9.97 Å². The van der Waals surface area contributed by atoms with E-state index in [-0.39, 0.29) is 11.7 Å². The number of aryl methyl sites for hydroxylation is 1. The molecule has 0 spiro atoms. The predicted molar refractivity (Wildman–Crippen MR) is 124 cm³/mol. The fraction of sp³-hybridized carbons (Fsp3) is 0.208. The van der Waals surface area contributed by atoms with Crippen molar-refractivity contribution in [3.8, 4) is 0 Å². The number of hydrogen-bond acceptors (Lipinski definition) is 6. The van der Waals surface area contributed by atoms with Crippen LogP contribution in [-0.4, -0.2) is 42.2 Å². The van der Waals surface area contributed by atoms with Crippen molar-refractivity contribution in [1.29, 1.82) is 0 Å². The minimum absolute atomic E-state index is 0.337. The zero-order chi connectivity index (χ0) is 22.3. The van der Waals surface area contributed by atoms with Crippen molar-refractivity contribution in [2.75, 3.05) is 41.8 Å². The first-order valence-electron chi connectivity index (χ1n) is 10.4. The predicted octanol–water partition coefficient (Wildman–Crippen LogP) is 4.16. The molecule has 1 aliphatic rings. The van der Waals surface area contributed by atoms with Crippen molar-refractivity contribution in [3.63, 3.8) is 0 Å². The summed E-state index contributed by atoms with van der Waals surface area (Å²) in [5.74, 6) is 0.671. The van der Waals surface area contributed by atoms with Crippen LogP contribution in [0.3, 0.4) is 0 Å². The molecule has 0 radical (unpaired) electrons. The minimum Gasteiger partial charge on any atom is -0.378 e. The molecule has 32 heavy (non-hydrogen) atoms. The van der Waals surface area contributed by atoms with Crippen LogP contribution in [0.4, 0.5) is 27.5 Å². The number of morpholine rings is 1. The maximum absolute atomic E-state index is 13.6. The number of rotatable bonds is 6. The summed E-state index contributed by atoms with van der Waals surface area (Å²) in [6.07, 6.45) is 2.76. The van der Waals surface area contributed by atoms with Gasteiger partial charge in [0.25, 0.3) is 0 Å². The van der Waals surface area contributed by atoms with Gasteiger partial charge in [-0.15, -0.1) is 0 Å². The van der Waals surface area contributed by atoms with Crippen LogP contribution in [0.2, 0.25) is 0 Å². The number of amides is 1. The lowest BCUT2D eigenvalue weighted by molar-refractivity contribution is -0.111. The van der Waals surface area contributed by atoms with E-state index in [1.165, 1.54) is 18.2 Å². The lowest BCUT2D eigenvalue weighted by atomic mass is 10.2. The molecule has 0 bridgehead atoms. The molecule has 2 heterocycles. The van der Waals surface area contributed by atoms with Gasteiger partial charge in [-0.05, 0) is 43.3 Å². The number of ether oxygens (including phenoxy) is 1. The molecule has 4 rings (SSSR count). The molecule has 0 unspecified atom stereocenters. The van der Waals surface area contributed by atoms with Crippen molar-refractivity contribution >= 4 is 35.1 Å². The lowest BCUT2D eigenvalue weighted by Gasteiger charge is -2.27. The van der Waals surface area contributed by atoms with E-state index in [0.29, 0.717) is 36.2 Å². The standard InChI is InChI=1S/C24H24FN5O2/c1-17-16-22(29-24(26-17)30-12-14-32-15-13-30)27-19-7-9-20(10-8-19)28-23(31)11-6-18-4-2-3-5-21(18)25/h2-11,16H,12-15H2,1H3,(H,28,31)(H,26,27,29)/b11-6+. The van der Waals surface area contributed by atoms with E-state index in [1.54, 1.807) is 30.3 Å². The molecule has 7 nitrogen and oxygen atoms in total. The topological polar surface area (TPSA) is 79.4 Å². The number of aromatic nitrogens is 2. The summed E-state index contributed by atoms with van der Waals surface area (Å²) < 4.78 is 19.0. The van der Waals surface area contributed by atoms with E-state index in [4.69, 9.17) is 4.74 Å². The molecule has 8 heteroatoms. The zero-order valence-corrected chi connectivity index (χ0v) is 17.7. The molecule has 2 N–H and O–H groups in total. The molecule has 164 valence electrons. The molecule has 1 fully saturated rings. The van der Waals surface area contributed by atoms with E-state index in [9.17, 15) is 9.18 Å². The summed E-state index contributed by atoms with van der Waals surface area (Å²) >= 11 is 0. The number of carbonyl (C=O) groups excluding carboxylic acids is 1. The third-order valence-corrected chi connectivity index (χ3v) is 4.88. The second kappa shape index (κ2) is 10.0. The second-order valence-electron chi connectivity index (χ2n) is 7.34. The maximum Gasteiger partial charge on any atom is 0.248 e. The smallest absolute Gasteiger partial charge is 0.248 e. The molecule has 0 aliphatic carbocycles. The third kappa shape index (κ3) is 5.67. The summed E-state index contributed by atoms with van der Waals surface area (Å²) in [7, 11) is 0. The largest absolute Gasteiger partial charge is 0.378 e. The Kier molecular flexibility index (Phi) is 6.72. The number of nitrogens with one attached hydrogen (secondary N) is 2. The van der Waals surface area contributed by atoms with E-state index >= 15 is 0 Å². The summed E-state index contributed by atoms with van der Waals surface area (Å²) in [6, 6.07) is 15.4. The lowest BCUT2D eigenvalue weighted by Crippen LogP contribution is -2.37. The van der Waals surface area contributed by atoms with Crippen LogP contribution in [0.15, 0.2) is 60.7 Å². The van der Waals surface area contributed by atoms with Crippen LogP contribution in [0.5, 0.6) is 0 Å². The molecule has 0 saturated carbocycles. The van der Waals surface area contributed by atoms with Gasteiger partial charge < -0.3 is 20.3 Å². The van der Waals surface area contributed by atoms with Gasteiger partial charge in [0.1, 0.15) is 11.6 Å². The third-order valence-electron chi connectivity index (χ3n) is 4.88. The maximum atomic E-state index is 13.6. The van der Waals surface area contributed by atoms with E-state index in [0.717, 1.165) is 24.5 Å². The summed E-state index contributed by atoms with van der Waals surface area (Å²) in [5.41, 5.74) is 2.69. The first-order valence-corrected chi connectivity index (χ1v) is 10.4. The van der Waals surface area contributed by atoms with Gasteiger partial charge in [0.05, 0.1) is 13.2 Å². The second-order valence-corrected chi connectivity index (χ2v) is 7.34.